The van der Waals surface area contributed by atoms with E-state index in [1.807, 2.05) is 26.0 Å². The van der Waals surface area contributed by atoms with E-state index in [0.29, 0.717) is 6.04 Å². The first-order chi connectivity index (χ1) is 5.77. The lowest BCUT2D eigenvalue weighted by Crippen LogP contribution is -2.08. The Morgan fingerprint density at radius 1 is 1.33 bits per heavy atom. The quantitative estimate of drug-likeness (QED) is 0.560. The zero-order valence-corrected chi connectivity index (χ0v) is 7.91. The van der Waals surface area contributed by atoms with Crippen LogP contribution in [0.1, 0.15) is 20.8 Å². The van der Waals surface area contributed by atoms with Gasteiger partial charge in [0.15, 0.2) is 0 Å². The van der Waals surface area contributed by atoms with Crippen molar-refractivity contribution in [3.05, 3.63) is 36.0 Å². The maximum atomic E-state index is 4.50. The van der Waals surface area contributed by atoms with Crippen molar-refractivity contribution in [1.29, 1.82) is 0 Å². The number of hydrogen-bond acceptors (Lipinski definition) is 1. The topological polar surface area (TPSA) is 12.4 Å². The summed E-state index contributed by atoms with van der Waals surface area (Å²) < 4.78 is 0. The first kappa shape index (κ1) is 8.98. The number of rotatable bonds is 1. The summed E-state index contributed by atoms with van der Waals surface area (Å²) in [5, 5.41) is 0. The Labute approximate surface area is 74.2 Å². The highest BCUT2D eigenvalue weighted by atomic mass is 14.8. The molecule has 1 unspecified atom stereocenters. The van der Waals surface area contributed by atoms with E-state index in [1.165, 1.54) is 5.57 Å². The Morgan fingerprint density at radius 2 is 2.08 bits per heavy atom. The van der Waals surface area contributed by atoms with Gasteiger partial charge in [0.1, 0.15) is 0 Å². The smallest absolute Gasteiger partial charge is 0.0724 e. The molecule has 0 aromatic carbocycles. The second-order valence-electron chi connectivity index (χ2n) is 2.85. The van der Waals surface area contributed by atoms with Crippen LogP contribution in [0.2, 0.25) is 0 Å². The fourth-order valence-corrected chi connectivity index (χ4v) is 1.27. The fourth-order valence-electron chi connectivity index (χ4n) is 1.27. The first-order valence-electron chi connectivity index (χ1n) is 4.32. The van der Waals surface area contributed by atoms with Gasteiger partial charge < -0.3 is 0 Å². The summed E-state index contributed by atoms with van der Waals surface area (Å²) in [6, 6.07) is 0.311. The lowest BCUT2D eigenvalue weighted by Gasteiger charge is -2.12. The van der Waals surface area contributed by atoms with Crippen LogP contribution >= 0.6 is 0 Å². The van der Waals surface area contributed by atoms with E-state index >= 15 is 0 Å². The summed E-state index contributed by atoms with van der Waals surface area (Å²) in [4.78, 5) is 4.50. The van der Waals surface area contributed by atoms with Crippen molar-refractivity contribution in [3.8, 4) is 0 Å². The highest BCUT2D eigenvalue weighted by Crippen LogP contribution is 2.13. The van der Waals surface area contributed by atoms with Crippen molar-refractivity contribution in [1.82, 2.24) is 0 Å². The van der Waals surface area contributed by atoms with Crippen LogP contribution in [0, 0.1) is 0 Å². The highest BCUT2D eigenvalue weighted by Gasteiger charge is 2.07. The first-order valence-corrected chi connectivity index (χ1v) is 4.32. The number of aliphatic imine (C=N–C) groups is 1. The fraction of sp³-hybridized carbons (Fsp3) is 0.364. The van der Waals surface area contributed by atoms with Gasteiger partial charge in [-0.1, -0.05) is 18.2 Å². The SMILES string of the molecule is CC=CC1=NC(C)C(=CC)C=C1. The van der Waals surface area contributed by atoms with Gasteiger partial charge >= 0.3 is 0 Å². The minimum Gasteiger partial charge on any atom is -0.278 e. The molecule has 0 saturated heterocycles. The van der Waals surface area contributed by atoms with Crippen LogP contribution in [0.15, 0.2) is 40.9 Å². The van der Waals surface area contributed by atoms with Crippen molar-refractivity contribution in [3.63, 3.8) is 0 Å². The van der Waals surface area contributed by atoms with E-state index in [0.717, 1.165) is 5.71 Å². The molecule has 0 aromatic heterocycles. The van der Waals surface area contributed by atoms with Gasteiger partial charge in [0.2, 0.25) is 0 Å². The van der Waals surface area contributed by atoms with Gasteiger partial charge in [-0.25, -0.2) is 0 Å². The van der Waals surface area contributed by atoms with Crippen LogP contribution in [0.5, 0.6) is 0 Å². The average molecular weight is 161 g/mol. The summed E-state index contributed by atoms with van der Waals surface area (Å²) in [5.74, 6) is 0. The molecule has 0 amide bonds. The Balaban J connectivity index is 2.83. The van der Waals surface area contributed by atoms with Crippen molar-refractivity contribution >= 4 is 5.71 Å². The standard InChI is InChI=1S/C11H15N/c1-4-6-11-8-7-10(5-2)9(3)12-11/h4-9H,1-3H3. The van der Waals surface area contributed by atoms with E-state index < -0.39 is 0 Å². The molecule has 1 aliphatic rings. The van der Waals surface area contributed by atoms with Crippen LogP contribution in [-0.4, -0.2) is 11.8 Å². The van der Waals surface area contributed by atoms with Crippen LogP contribution in [0.3, 0.4) is 0 Å². The van der Waals surface area contributed by atoms with Gasteiger partial charge in [0.25, 0.3) is 0 Å². The van der Waals surface area contributed by atoms with Crippen molar-refractivity contribution in [2.45, 2.75) is 26.8 Å². The largest absolute Gasteiger partial charge is 0.278 e. The monoisotopic (exact) mass is 161 g/mol. The molecule has 0 aromatic rings. The van der Waals surface area contributed by atoms with Crippen LogP contribution in [0.25, 0.3) is 0 Å². The molecule has 0 fully saturated rings. The predicted molar refractivity (Wildman–Crippen MR) is 54.6 cm³/mol. The molecule has 1 heterocycles. The zero-order valence-electron chi connectivity index (χ0n) is 7.91. The van der Waals surface area contributed by atoms with Crippen LogP contribution in [0.4, 0.5) is 0 Å². The third-order valence-corrected chi connectivity index (χ3v) is 1.94. The van der Waals surface area contributed by atoms with Gasteiger partial charge in [-0.15, -0.1) is 0 Å². The van der Waals surface area contributed by atoms with E-state index in [9.17, 15) is 0 Å². The molecule has 1 nitrogen and oxygen atoms in total. The van der Waals surface area contributed by atoms with Gasteiger partial charge in [-0.3, -0.25) is 4.99 Å². The molecule has 1 heteroatoms. The molecule has 0 radical (unpaired) electrons. The molecule has 64 valence electrons. The summed E-state index contributed by atoms with van der Waals surface area (Å²) in [6.07, 6.45) is 10.3. The lowest BCUT2D eigenvalue weighted by atomic mass is 10.0. The lowest BCUT2D eigenvalue weighted by molar-refractivity contribution is 0.879. The van der Waals surface area contributed by atoms with Crippen molar-refractivity contribution in [2.75, 3.05) is 0 Å². The summed E-state index contributed by atoms with van der Waals surface area (Å²) >= 11 is 0. The van der Waals surface area contributed by atoms with Gasteiger partial charge in [-0.05, 0) is 38.5 Å². The molecule has 0 bridgehead atoms. The Morgan fingerprint density at radius 3 is 2.58 bits per heavy atom. The molecule has 0 saturated carbocycles. The molecule has 1 aliphatic heterocycles. The van der Waals surface area contributed by atoms with E-state index in [-0.39, 0.29) is 0 Å². The van der Waals surface area contributed by atoms with Crippen molar-refractivity contribution < 1.29 is 0 Å². The van der Waals surface area contributed by atoms with Gasteiger partial charge in [0.05, 0.1) is 11.8 Å². The van der Waals surface area contributed by atoms with E-state index in [1.54, 1.807) is 0 Å². The molecule has 1 atom stereocenters. The molecule has 0 N–H and O–H groups in total. The summed E-state index contributed by atoms with van der Waals surface area (Å²) in [6.45, 7) is 6.17. The Kier molecular flexibility index (Phi) is 3.03. The minimum absolute atomic E-state index is 0.311. The normalized spacial score (nSPS) is 26.8. The number of hydrogen-bond donors (Lipinski definition) is 0. The molecule has 0 spiro atoms. The van der Waals surface area contributed by atoms with Crippen LogP contribution in [-0.2, 0) is 0 Å². The maximum absolute atomic E-state index is 4.50. The summed E-state index contributed by atoms with van der Waals surface area (Å²) in [5.41, 5.74) is 2.36. The molecular weight excluding hydrogens is 146 g/mol. The Bertz CT molecular complexity index is 267. The molecular formula is C11H15N. The molecule has 12 heavy (non-hydrogen) atoms. The summed E-state index contributed by atoms with van der Waals surface area (Å²) in [7, 11) is 0. The van der Waals surface area contributed by atoms with Gasteiger partial charge in [0, 0.05) is 0 Å². The molecule has 0 aliphatic carbocycles. The van der Waals surface area contributed by atoms with Gasteiger partial charge in [-0.2, -0.15) is 0 Å². The number of allylic oxidation sites excluding steroid dienone is 4. The second-order valence-corrected chi connectivity index (χ2v) is 2.85. The average Bonchev–Trinajstić information content (AvgIpc) is 2.05. The number of dihydropyridines is 1. The highest BCUT2D eigenvalue weighted by molar-refractivity contribution is 6.05. The zero-order chi connectivity index (χ0) is 8.97. The molecule has 1 rings (SSSR count). The Hall–Kier alpha value is -1.11. The minimum atomic E-state index is 0.311. The number of nitrogens with zero attached hydrogens (tertiary/aromatic N) is 1. The second kappa shape index (κ2) is 4.05. The van der Waals surface area contributed by atoms with Crippen molar-refractivity contribution in [2.24, 2.45) is 4.99 Å². The van der Waals surface area contributed by atoms with Crippen LogP contribution < -0.4 is 0 Å². The third kappa shape index (κ3) is 1.94. The van der Waals surface area contributed by atoms with E-state index in [4.69, 9.17) is 0 Å². The van der Waals surface area contributed by atoms with E-state index in [2.05, 4.69) is 30.1 Å². The predicted octanol–water partition coefficient (Wildman–Crippen LogP) is 2.91. The third-order valence-electron chi connectivity index (χ3n) is 1.94. The maximum Gasteiger partial charge on any atom is 0.0724 e.